The van der Waals surface area contributed by atoms with E-state index in [1.54, 1.807) is 29.7 Å². The first-order chi connectivity index (χ1) is 13.4. The fraction of sp³-hybridized carbons (Fsp3) is 0.222. The average molecular weight is 418 g/mol. The number of nitrogens with one attached hydrogen (secondary N) is 3. The molecule has 0 fully saturated rings. The summed E-state index contributed by atoms with van der Waals surface area (Å²) in [6.07, 6.45) is 0. The number of carbonyl (C=O) groups is 2. The maximum atomic E-state index is 12.8. The number of carbonyl (C=O) groups excluding carboxylic acids is 2. The molecule has 8 nitrogen and oxygen atoms in total. The number of ether oxygens (including phenoxy) is 1. The van der Waals surface area contributed by atoms with Crippen molar-refractivity contribution >= 4 is 46.7 Å². The number of aromatic nitrogens is 3. The summed E-state index contributed by atoms with van der Waals surface area (Å²) < 4.78 is 7.33. The average Bonchev–Trinajstić information content (AvgIpc) is 3.31. The highest BCUT2D eigenvalue weighted by molar-refractivity contribution is 7.71. The highest BCUT2D eigenvalue weighted by Crippen LogP contribution is 2.29. The van der Waals surface area contributed by atoms with Crippen LogP contribution in [0.1, 0.15) is 19.9 Å². The van der Waals surface area contributed by atoms with Crippen LogP contribution in [0.4, 0.5) is 11.4 Å². The van der Waals surface area contributed by atoms with E-state index in [-0.39, 0.29) is 11.8 Å². The van der Waals surface area contributed by atoms with Gasteiger partial charge in [0.15, 0.2) is 10.6 Å². The quantitative estimate of drug-likeness (QED) is 0.529. The second-order valence-electron chi connectivity index (χ2n) is 5.96. The zero-order chi connectivity index (χ0) is 20.3. The van der Waals surface area contributed by atoms with Crippen LogP contribution in [0.5, 0.6) is 5.75 Å². The van der Waals surface area contributed by atoms with Gasteiger partial charge >= 0.3 is 0 Å². The fourth-order valence-corrected chi connectivity index (χ4v) is 3.67. The Morgan fingerprint density at radius 3 is 2.75 bits per heavy atom. The van der Waals surface area contributed by atoms with E-state index in [1.165, 1.54) is 25.4 Å². The third-order valence-electron chi connectivity index (χ3n) is 3.99. The van der Waals surface area contributed by atoms with Crippen LogP contribution in [0.15, 0.2) is 35.7 Å². The molecule has 0 saturated heterocycles. The second kappa shape index (κ2) is 8.36. The molecule has 1 aromatic carbocycles. The molecule has 2 heterocycles. The normalized spacial score (nSPS) is 11.7. The van der Waals surface area contributed by atoms with Crippen LogP contribution in [-0.4, -0.2) is 33.7 Å². The zero-order valence-corrected chi connectivity index (χ0v) is 17.1. The zero-order valence-electron chi connectivity index (χ0n) is 15.5. The van der Waals surface area contributed by atoms with Gasteiger partial charge in [0.1, 0.15) is 11.8 Å². The van der Waals surface area contributed by atoms with E-state index in [1.807, 2.05) is 17.5 Å². The molecule has 146 valence electrons. The van der Waals surface area contributed by atoms with E-state index >= 15 is 0 Å². The Kier molecular flexibility index (Phi) is 5.90. The smallest absolute Gasteiger partial charge is 0.247 e. The number of benzene rings is 1. The molecular weight excluding hydrogens is 398 g/mol. The van der Waals surface area contributed by atoms with Gasteiger partial charge in [-0.15, -0.1) is 11.3 Å². The van der Waals surface area contributed by atoms with Gasteiger partial charge in [-0.05, 0) is 42.7 Å². The van der Waals surface area contributed by atoms with Crippen molar-refractivity contribution in [3.8, 4) is 16.5 Å². The number of aromatic amines is 1. The Balaban J connectivity index is 1.83. The van der Waals surface area contributed by atoms with E-state index in [0.717, 1.165) is 4.88 Å². The first-order valence-corrected chi connectivity index (χ1v) is 9.66. The van der Waals surface area contributed by atoms with Crippen molar-refractivity contribution in [1.29, 1.82) is 0 Å². The van der Waals surface area contributed by atoms with Gasteiger partial charge in [0.25, 0.3) is 0 Å². The molecule has 1 atom stereocenters. The third-order valence-corrected chi connectivity index (χ3v) is 5.15. The van der Waals surface area contributed by atoms with Gasteiger partial charge in [-0.3, -0.25) is 19.3 Å². The van der Waals surface area contributed by atoms with Crippen LogP contribution in [0.2, 0.25) is 0 Å². The molecule has 0 radical (unpaired) electrons. The number of amides is 2. The molecule has 0 bridgehead atoms. The molecule has 28 heavy (non-hydrogen) atoms. The number of nitrogens with zero attached hydrogens (tertiary/aromatic N) is 2. The summed E-state index contributed by atoms with van der Waals surface area (Å²) >= 11 is 6.83. The number of hydrogen-bond donors (Lipinski definition) is 3. The van der Waals surface area contributed by atoms with Crippen LogP contribution in [0, 0.1) is 4.77 Å². The van der Waals surface area contributed by atoms with Crippen LogP contribution >= 0.6 is 23.6 Å². The molecule has 0 aliphatic rings. The Bertz CT molecular complexity index is 1060. The summed E-state index contributed by atoms with van der Waals surface area (Å²) in [7, 11) is 1.49. The van der Waals surface area contributed by atoms with Crippen LogP contribution in [-0.2, 0) is 9.59 Å². The lowest BCUT2D eigenvalue weighted by Gasteiger charge is -2.16. The first kappa shape index (κ1) is 19.8. The standard InChI is InChI=1S/C18H19N5O3S2/c1-10(23-16(21-22-18(23)27)15-5-4-8-28-15)17(25)20-12-6-7-13(19-11(2)24)14(9-12)26-3/h4-10H,1-3H3,(H,19,24)(H,20,25)(H,22,27). The topological polar surface area (TPSA) is 101 Å². The van der Waals surface area contributed by atoms with E-state index in [2.05, 4.69) is 20.8 Å². The fourth-order valence-electron chi connectivity index (χ4n) is 2.67. The van der Waals surface area contributed by atoms with Crippen LogP contribution in [0.25, 0.3) is 10.7 Å². The second-order valence-corrected chi connectivity index (χ2v) is 7.30. The molecule has 10 heteroatoms. The minimum absolute atomic E-state index is 0.209. The lowest BCUT2D eigenvalue weighted by Crippen LogP contribution is -2.24. The van der Waals surface area contributed by atoms with Crippen molar-refractivity contribution in [3.63, 3.8) is 0 Å². The van der Waals surface area contributed by atoms with Gasteiger partial charge in [-0.2, -0.15) is 5.10 Å². The van der Waals surface area contributed by atoms with Crippen molar-refractivity contribution in [2.75, 3.05) is 17.7 Å². The minimum atomic E-state index is -0.593. The molecule has 0 spiro atoms. The van der Waals surface area contributed by atoms with E-state index in [9.17, 15) is 9.59 Å². The third kappa shape index (κ3) is 4.12. The maximum absolute atomic E-state index is 12.8. The van der Waals surface area contributed by atoms with Crippen LogP contribution < -0.4 is 15.4 Å². The summed E-state index contributed by atoms with van der Waals surface area (Å²) in [5.74, 6) is 0.588. The monoisotopic (exact) mass is 417 g/mol. The van der Waals surface area contributed by atoms with Gasteiger partial charge in [0, 0.05) is 18.7 Å². The van der Waals surface area contributed by atoms with Crippen molar-refractivity contribution in [1.82, 2.24) is 14.8 Å². The largest absolute Gasteiger partial charge is 0.494 e. The summed E-state index contributed by atoms with van der Waals surface area (Å²) in [4.78, 5) is 25.0. The van der Waals surface area contributed by atoms with E-state index in [0.29, 0.717) is 27.7 Å². The van der Waals surface area contributed by atoms with Crippen molar-refractivity contribution in [2.45, 2.75) is 19.9 Å². The Labute approximate surface area is 170 Å². The molecule has 0 aliphatic heterocycles. The summed E-state index contributed by atoms with van der Waals surface area (Å²) in [5, 5.41) is 14.5. The number of H-pyrrole nitrogens is 1. The van der Waals surface area contributed by atoms with Crippen LogP contribution in [0.3, 0.4) is 0 Å². The first-order valence-electron chi connectivity index (χ1n) is 8.38. The van der Waals surface area contributed by atoms with Gasteiger partial charge in [0.05, 0.1) is 17.7 Å². The highest BCUT2D eigenvalue weighted by Gasteiger charge is 2.22. The number of methoxy groups -OCH3 is 1. The molecular formula is C18H19N5O3S2. The summed E-state index contributed by atoms with van der Waals surface area (Å²) in [5.41, 5.74) is 1.06. The Morgan fingerprint density at radius 1 is 1.32 bits per heavy atom. The SMILES string of the molecule is COc1cc(NC(=O)C(C)n2c(-c3cccs3)n[nH]c2=S)ccc1NC(C)=O. The molecule has 3 rings (SSSR count). The predicted molar refractivity (Wildman–Crippen MR) is 111 cm³/mol. The Hall–Kier alpha value is -2.98. The van der Waals surface area contributed by atoms with Gasteiger partial charge in [-0.25, -0.2) is 0 Å². The summed E-state index contributed by atoms with van der Waals surface area (Å²) in [6.45, 7) is 3.16. The molecule has 2 amide bonds. The van der Waals surface area contributed by atoms with Crippen molar-refractivity contribution < 1.29 is 14.3 Å². The van der Waals surface area contributed by atoms with Gasteiger partial charge < -0.3 is 15.4 Å². The maximum Gasteiger partial charge on any atom is 0.247 e. The molecule has 3 aromatic rings. The van der Waals surface area contributed by atoms with E-state index < -0.39 is 6.04 Å². The van der Waals surface area contributed by atoms with Gasteiger partial charge in [0.2, 0.25) is 11.8 Å². The minimum Gasteiger partial charge on any atom is -0.494 e. The number of hydrogen-bond acceptors (Lipinski definition) is 6. The highest BCUT2D eigenvalue weighted by atomic mass is 32.1. The summed E-state index contributed by atoms with van der Waals surface area (Å²) in [6, 6.07) is 8.24. The predicted octanol–water partition coefficient (Wildman–Crippen LogP) is 3.84. The molecule has 2 aromatic heterocycles. The van der Waals surface area contributed by atoms with Crippen molar-refractivity contribution in [2.24, 2.45) is 0 Å². The lowest BCUT2D eigenvalue weighted by molar-refractivity contribution is -0.119. The van der Waals surface area contributed by atoms with E-state index in [4.69, 9.17) is 17.0 Å². The molecule has 1 unspecified atom stereocenters. The number of anilines is 2. The lowest BCUT2D eigenvalue weighted by atomic mass is 10.2. The molecule has 0 saturated carbocycles. The molecule has 3 N–H and O–H groups in total. The van der Waals surface area contributed by atoms with Gasteiger partial charge in [-0.1, -0.05) is 6.07 Å². The number of thiophene rings is 1. The van der Waals surface area contributed by atoms with Crippen molar-refractivity contribution in [3.05, 3.63) is 40.5 Å². The molecule has 0 aliphatic carbocycles. The Morgan fingerprint density at radius 2 is 2.11 bits per heavy atom. The number of rotatable bonds is 6.